The molecule has 2 heteroatoms. The molecule has 0 nitrogen and oxygen atoms in total. The summed E-state index contributed by atoms with van der Waals surface area (Å²) in [6, 6.07) is 4.42. The summed E-state index contributed by atoms with van der Waals surface area (Å²) in [5, 5.41) is 0.980. The van der Waals surface area contributed by atoms with Gasteiger partial charge in [-0.1, -0.05) is 36.7 Å². The maximum absolute atomic E-state index is 3.45. The van der Waals surface area contributed by atoms with Crippen LogP contribution in [0.5, 0.6) is 0 Å². The van der Waals surface area contributed by atoms with Gasteiger partial charge in [0.25, 0.3) is 0 Å². The van der Waals surface area contributed by atoms with Crippen molar-refractivity contribution in [3.05, 3.63) is 21.9 Å². The molecule has 0 spiro atoms. The van der Waals surface area contributed by atoms with E-state index in [1.807, 2.05) is 11.3 Å². The fourth-order valence-corrected chi connectivity index (χ4v) is 2.30. The Labute approximate surface area is 80.8 Å². The fraction of sp³-hybridized carbons (Fsp3) is 0.556. The van der Waals surface area contributed by atoms with Crippen LogP contribution in [-0.2, 0) is 10.7 Å². The molecule has 0 saturated carbocycles. The summed E-state index contributed by atoms with van der Waals surface area (Å²) in [6.45, 7) is 6.74. The Balaban J connectivity index is 2.89. The number of rotatable bonds is 1. The Morgan fingerprint density at radius 2 is 2.00 bits per heavy atom. The number of alkyl halides is 1. The highest BCUT2D eigenvalue weighted by Crippen LogP contribution is 2.30. The van der Waals surface area contributed by atoms with Gasteiger partial charge < -0.3 is 0 Å². The maximum Gasteiger partial charge on any atom is 0.0377 e. The van der Waals surface area contributed by atoms with Crippen LogP contribution in [0.15, 0.2) is 12.1 Å². The number of hydrogen-bond acceptors (Lipinski definition) is 1. The smallest absolute Gasteiger partial charge is 0.0377 e. The minimum absolute atomic E-state index is 0.311. The van der Waals surface area contributed by atoms with E-state index in [2.05, 4.69) is 48.8 Å². The van der Waals surface area contributed by atoms with Crippen LogP contribution in [0.1, 0.15) is 30.5 Å². The van der Waals surface area contributed by atoms with E-state index >= 15 is 0 Å². The highest BCUT2D eigenvalue weighted by atomic mass is 79.9. The number of hydrogen-bond donors (Lipinski definition) is 0. The lowest BCUT2D eigenvalue weighted by Gasteiger charge is -2.15. The van der Waals surface area contributed by atoms with Crippen LogP contribution in [0, 0.1) is 0 Å². The molecule has 0 radical (unpaired) electrons. The van der Waals surface area contributed by atoms with E-state index in [1.54, 1.807) is 0 Å². The first-order valence-electron chi connectivity index (χ1n) is 3.69. The van der Waals surface area contributed by atoms with Gasteiger partial charge in [0, 0.05) is 15.1 Å². The predicted molar refractivity (Wildman–Crippen MR) is 55.7 cm³/mol. The molecule has 0 aliphatic rings. The number of halogens is 1. The molecular formula is C9H13BrS. The second kappa shape index (κ2) is 3.28. The molecule has 1 aromatic heterocycles. The van der Waals surface area contributed by atoms with Crippen LogP contribution >= 0.6 is 27.3 Å². The Kier molecular flexibility index (Phi) is 2.76. The van der Waals surface area contributed by atoms with Crippen LogP contribution in [0.4, 0.5) is 0 Å². The van der Waals surface area contributed by atoms with Gasteiger partial charge in [-0.25, -0.2) is 0 Å². The van der Waals surface area contributed by atoms with Gasteiger partial charge in [0.2, 0.25) is 0 Å². The van der Waals surface area contributed by atoms with Gasteiger partial charge in [-0.15, -0.1) is 11.3 Å². The minimum atomic E-state index is 0.311. The first kappa shape index (κ1) is 9.27. The summed E-state index contributed by atoms with van der Waals surface area (Å²) in [4.78, 5) is 2.88. The van der Waals surface area contributed by atoms with Crippen LogP contribution < -0.4 is 0 Å². The third-order valence-corrected chi connectivity index (χ3v) is 4.02. The lowest BCUT2D eigenvalue weighted by molar-refractivity contribution is 0.604. The topological polar surface area (TPSA) is 0 Å². The monoisotopic (exact) mass is 232 g/mol. The van der Waals surface area contributed by atoms with Crippen molar-refractivity contribution in [3.8, 4) is 0 Å². The second-order valence-corrected chi connectivity index (χ2v) is 5.38. The highest BCUT2D eigenvalue weighted by Gasteiger charge is 2.15. The van der Waals surface area contributed by atoms with Crippen molar-refractivity contribution < 1.29 is 0 Å². The van der Waals surface area contributed by atoms with Crippen molar-refractivity contribution in [1.82, 2.24) is 0 Å². The summed E-state index contributed by atoms with van der Waals surface area (Å²) in [5.74, 6) is 0. The molecule has 1 rings (SSSR count). The minimum Gasteiger partial charge on any atom is -0.144 e. The van der Waals surface area contributed by atoms with E-state index in [9.17, 15) is 0 Å². The normalized spacial score (nSPS) is 12.0. The van der Waals surface area contributed by atoms with E-state index in [0.717, 1.165) is 5.33 Å². The Morgan fingerprint density at radius 1 is 1.36 bits per heavy atom. The molecule has 0 atom stereocenters. The fourth-order valence-electron chi connectivity index (χ4n) is 0.853. The molecule has 1 aromatic rings. The molecule has 0 saturated heterocycles. The molecule has 0 N–H and O–H groups in total. The van der Waals surface area contributed by atoms with Gasteiger partial charge in [-0.05, 0) is 17.5 Å². The van der Waals surface area contributed by atoms with Gasteiger partial charge in [0.1, 0.15) is 0 Å². The Hall–Kier alpha value is 0.180. The largest absolute Gasteiger partial charge is 0.144 e. The SMILES string of the molecule is CC(C)(C)c1ccc(CBr)s1. The molecule has 11 heavy (non-hydrogen) atoms. The van der Waals surface area contributed by atoms with Crippen molar-refractivity contribution >= 4 is 27.3 Å². The second-order valence-electron chi connectivity index (χ2n) is 3.65. The quantitative estimate of drug-likeness (QED) is 0.644. The van der Waals surface area contributed by atoms with Crippen LogP contribution in [0.2, 0.25) is 0 Å². The summed E-state index contributed by atoms with van der Waals surface area (Å²) >= 11 is 5.34. The molecule has 0 aliphatic carbocycles. The number of thiophene rings is 1. The predicted octanol–water partition coefficient (Wildman–Crippen LogP) is 3.94. The summed E-state index contributed by atoms with van der Waals surface area (Å²) in [6.07, 6.45) is 0. The van der Waals surface area contributed by atoms with E-state index in [1.165, 1.54) is 9.75 Å². The van der Waals surface area contributed by atoms with Crippen molar-refractivity contribution in [3.63, 3.8) is 0 Å². The first-order valence-corrected chi connectivity index (χ1v) is 5.63. The van der Waals surface area contributed by atoms with E-state index in [4.69, 9.17) is 0 Å². The molecule has 0 aliphatic heterocycles. The van der Waals surface area contributed by atoms with Crippen molar-refractivity contribution in [2.24, 2.45) is 0 Å². The van der Waals surface area contributed by atoms with Crippen molar-refractivity contribution in [2.45, 2.75) is 31.5 Å². The van der Waals surface area contributed by atoms with E-state index in [0.29, 0.717) is 5.41 Å². The van der Waals surface area contributed by atoms with Gasteiger partial charge in [-0.2, -0.15) is 0 Å². The highest BCUT2D eigenvalue weighted by molar-refractivity contribution is 9.08. The standard InChI is InChI=1S/C9H13BrS/c1-9(2,3)8-5-4-7(6-10)11-8/h4-5H,6H2,1-3H3. The third kappa shape index (κ3) is 2.31. The van der Waals surface area contributed by atoms with Gasteiger partial charge in [0.05, 0.1) is 0 Å². The molecule has 62 valence electrons. The van der Waals surface area contributed by atoms with Crippen LogP contribution in [0.3, 0.4) is 0 Å². The summed E-state index contributed by atoms with van der Waals surface area (Å²) < 4.78 is 0. The van der Waals surface area contributed by atoms with Crippen molar-refractivity contribution in [1.29, 1.82) is 0 Å². The molecule has 0 fully saturated rings. The molecule has 0 amide bonds. The van der Waals surface area contributed by atoms with E-state index < -0.39 is 0 Å². The van der Waals surface area contributed by atoms with Crippen LogP contribution in [-0.4, -0.2) is 0 Å². The average molecular weight is 233 g/mol. The Bertz CT molecular complexity index is 232. The molecule has 1 heterocycles. The zero-order valence-electron chi connectivity index (χ0n) is 7.15. The zero-order chi connectivity index (χ0) is 8.48. The maximum atomic E-state index is 3.45. The van der Waals surface area contributed by atoms with Crippen molar-refractivity contribution in [2.75, 3.05) is 0 Å². The zero-order valence-corrected chi connectivity index (χ0v) is 9.55. The van der Waals surface area contributed by atoms with Gasteiger partial charge >= 0.3 is 0 Å². The van der Waals surface area contributed by atoms with E-state index in [-0.39, 0.29) is 0 Å². The Morgan fingerprint density at radius 3 is 2.27 bits per heavy atom. The average Bonchev–Trinajstić information content (AvgIpc) is 2.32. The molecule has 0 bridgehead atoms. The first-order chi connectivity index (χ1) is 5.04. The molecule has 0 aromatic carbocycles. The lowest BCUT2D eigenvalue weighted by atomic mass is 9.95. The lowest BCUT2D eigenvalue weighted by Crippen LogP contribution is -2.07. The van der Waals surface area contributed by atoms with Gasteiger partial charge in [0.15, 0.2) is 0 Å². The molecular weight excluding hydrogens is 220 g/mol. The van der Waals surface area contributed by atoms with Crippen LogP contribution in [0.25, 0.3) is 0 Å². The summed E-state index contributed by atoms with van der Waals surface area (Å²) in [5.41, 5.74) is 0.311. The summed E-state index contributed by atoms with van der Waals surface area (Å²) in [7, 11) is 0. The van der Waals surface area contributed by atoms with Gasteiger partial charge in [-0.3, -0.25) is 0 Å². The molecule has 0 unspecified atom stereocenters. The third-order valence-electron chi connectivity index (χ3n) is 1.53.